The van der Waals surface area contributed by atoms with Gasteiger partial charge in [0, 0.05) is 23.3 Å². The zero-order chi connectivity index (χ0) is 31.5. The lowest BCUT2D eigenvalue weighted by Gasteiger charge is -2.40. The van der Waals surface area contributed by atoms with Crippen LogP contribution in [0.25, 0.3) is 0 Å². The standard InChI is InChI=1S/C40H57O2/c1-29(17-13-19-31(3)21-23-37-33(5)25-35(41)27-39(37,7)8)15-11-12-16-30(2)18-14-20-32(4)22-24-38-34(6)26-36(42)28-40(38,9)10/h13-14,17-19,26,29-30,32,35,41-42H,7,11-12,15-16,20,25,27-28H2,1-6,8-10H3/q-1/b17-13+,18-14+,31-19+/t29?,30?,32?,35-,39+/m1/s1. The first-order valence-electron chi connectivity index (χ1n) is 16.0. The summed E-state index contributed by atoms with van der Waals surface area (Å²) in [4.78, 5) is 0. The Morgan fingerprint density at radius 2 is 1.69 bits per heavy atom. The molecule has 42 heavy (non-hydrogen) atoms. The van der Waals surface area contributed by atoms with E-state index < -0.39 is 0 Å². The van der Waals surface area contributed by atoms with Crippen molar-refractivity contribution >= 4 is 0 Å². The molecule has 0 aromatic heterocycles. The van der Waals surface area contributed by atoms with E-state index in [1.54, 1.807) is 0 Å². The van der Waals surface area contributed by atoms with E-state index >= 15 is 0 Å². The Kier molecular flexibility index (Phi) is 13.7. The quantitative estimate of drug-likeness (QED) is 0.0903. The molecule has 0 saturated heterocycles. The molecular formula is C40H57O2-. The van der Waals surface area contributed by atoms with Gasteiger partial charge < -0.3 is 17.1 Å². The van der Waals surface area contributed by atoms with Crippen molar-refractivity contribution in [3.8, 4) is 23.7 Å². The molecule has 0 radical (unpaired) electrons. The van der Waals surface area contributed by atoms with Gasteiger partial charge in [-0.05, 0) is 87.5 Å². The lowest BCUT2D eigenvalue weighted by atomic mass is 9.72. The molecule has 0 spiro atoms. The zero-order valence-electron chi connectivity index (χ0n) is 28.0. The SMILES string of the molecule is [CH2-][C@]1(C)C[C@H](O)CC(C)=C1C#C/C(C)=C/C=C/C(C)CCCCC(C)/C=C/CC(C)C#CC1=C(C)C=C(O)CC1(C)C. The van der Waals surface area contributed by atoms with Crippen molar-refractivity contribution in [2.24, 2.45) is 28.6 Å². The normalized spacial score (nSPS) is 25.1. The van der Waals surface area contributed by atoms with E-state index in [1.807, 2.05) is 13.0 Å². The van der Waals surface area contributed by atoms with E-state index in [4.69, 9.17) is 0 Å². The molecule has 2 nitrogen and oxygen atoms in total. The first kappa shape index (κ1) is 35.5. The zero-order valence-corrected chi connectivity index (χ0v) is 28.0. The highest BCUT2D eigenvalue weighted by molar-refractivity contribution is 5.47. The number of aliphatic hydroxyl groups is 2. The maximum atomic E-state index is 10.1. The summed E-state index contributed by atoms with van der Waals surface area (Å²) >= 11 is 0. The second-order valence-electron chi connectivity index (χ2n) is 14.1. The van der Waals surface area contributed by atoms with Crippen LogP contribution in [0.4, 0.5) is 0 Å². The first-order valence-corrected chi connectivity index (χ1v) is 16.0. The predicted octanol–water partition coefficient (Wildman–Crippen LogP) is 10.4. The van der Waals surface area contributed by atoms with Crippen LogP contribution in [0.1, 0.15) is 114 Å². The second kappa shape index (κ2) is 16.2. The van der Waals surface area contributed by atoms with E-state index in [-0.39, 0.29) is 16.9 Å². The topological polar surface area (TPSA) is 40.5 Å². The average molecular weight is 570 g/mol. The van der Waals surface area contributed by atoms with Gasteiger partial charge in [0.05, 0.1) is 11.9 Å². The smallest absolute Gasteiger partial charge is 0.0934 e. The molecule has 2 rings (SSSR count). The highest BCUT2D eigenvalue weighted by Crippen LogP contribution is 2.40. The molecule has 0 fully saturated rings. The third kappa shape index (κ3) is 11.9. The number of unbranched alkanes of at least 4 members (excludes halogenated alkanes) is 1. The van der Waals surface area contributed by atoms with Gasteiger partial charge in [0.2, 0.25) is 0 Å². The summed E-state index contributed by atoms with van der Waals surface area (Å²) in [6, 6.07) is 0. The van der Waals surface area contributed by atoms with Crippen molar-refractivity contribution in [1.29, 1.82) is 0 Å². The Balaban J connectivity index is 1.72. The summed E-state index contributed by atoms with van der Waals surface area (Å²) in [5.41, 5.74) is 5.11. The van der Waals surface area contributed by atoms with E-state index in [9.17, 15) is 10.2 Å². The maximum absolute atomic E-state index is 10.1. The number of aliphatic hydroxyl groups excluding tert-OH is 2. The molecule has 3 unspecified atom stereocenters. The Labute approximate surface area is 258 Å². The molecular weight excluding hydrogens is 512 g/mol. The van der Waals surface area contributed by atoms with Gasteiger partial charge in [0.1, 0.15) is 0 Å². The largest absolute Gasteiger partial charge is 0.512 e. The molecule has 2 aliphatic carbocycles. The van der Waals surface area contributed by atoms with Crippen LogP contribution in [0.15, 0.2) is 70.1 Å². The summed E-state index contributed by atoms with van der Waals surface area (Å²) in [5, 5.41) is 20.0. The fourth-order valence-corrected chi connectivity index (χ4v) is 6.13. The van der Waals surface area contributed by atoms with Gasteiger partial charge in [-0.1, -0.05) is 114 Å². The van der Waals surface area contributed by atoms with Crippen LogP contribution in [-0.4, -0.2) is 16.3 Å². The molecule has 0 heterocycles. The number of rotatable bonds is 10. The number of hydrogen-bond donors (Lipinski definition) is 2. The van der Waals surface area contributed by atoms with Crippen LogP contribution in [0.2, 0.25) is 0 Å². The van der Waals surface area contributed by atoms with E-state index in [0.29, 0.717) is 42.8 Å². The molecule has 0 aliphatic heterocycles. The predicted molar refractivity (Wildman–Crippen MR) is 181 cm³/mol. The average Bonchev–Trinajstić information content (AvgIpc) is 2.84. The molecule has 2 N–H and O–H groups in total. The van der Waals surface area contributed by atoms with Gasteiger partial charge in [-0.2, -0.15) is 0 Å². The van der Waals surface area contributed by atoms with E-state index in [1.165, 1.54) is 25.7 Å². The fraction of sp³-hybridized carbons (Fsp3) is 0.575. The van der Waals surface area contributed by atoms with Gasteiger partial charge in [0.25, 0.3) is 0 Å². The minimum Gasteiger partial charge on any atom is -0.512 e. The Bertz CT molecular complexity index is 1240. The minimum absolute atomic E-state index is 0.106. The first-order chi connectivity index (χ1) is 19.6. The summed E-state index contributed by atoms with van der Waals surface area (Å²) in [6.07, 6.45) is 20.6. The van der Waals surface area contributed by atoms with Crippen LogP contribution < -0.4 is 0 Å². The van der Waals surface area contributed by atoms with Crippen molar-refractivity contribution in [2.45, 2.75) is 120 Å². The lowest BCUT2D eigenvalue weighted by molar-refractivity contribution is 0.125. The molecule has 2 heteroatoms. The number of allylic oxidation sites excluding steroid dienone is 11. The summed E-state index contributed by atoms with van der Waals surface area (Å²) in [6.45, 7) is 23.6. The van der Waals surface area contributed by atoms with Crippen molar-refractivity contribution in [1.82, 2.24) is 0 Å². The van der Waals surface area contributed by atoms with Crippen LogP contribution in [0.5, 0.6) is 0 Å². The molecule has 0 amide bonds. The summed E-state index contributed by atoms with van der Waals surface area (Å²) in [5.74, 6) is 15.4. The van der Waals surface area contributed by atoms with E-state index in [2.05, 4.69) is 116 Å². The van der Waals surface area contributed by atoms with Gasteiger partial charge in [-0.25, -0.2) is 0 Å². The van der Waals surface area contributed by atoms with Gasteiger partial charge in [0.15, 0.2) is 0 Å². The Morgan fingerprint density at radius 1 is 1.05 bits per heavy atom. The Morgan fingerprint density at radius 3 is 2.31 bits per heavy atom. The van der Waals surface area contributed by atoms with Crippen molar-refractivity contribution < 1.29 is 10.2 Å². The fourth-order valence-electron chi connectivity index (χ4n) is 6.13. The van der Waals surface area contributed by atoms with Crippen LogP contribution in [-0.2, 0) is 0 Å². The summed E-state index contributed by atoms with van der Waals surface area (Å²) in [7, 11) is 0. The van der Waals surface area contributed by atoms with Crippen LogP contribution in [0.3, 0.4) is 0 Å². The third-order valence-corrected chi connectivity index (χ3v) is 8.47. The summed E-state index contributed by atoms with van der Waals surface area (Å²) < 4.78 is 0. The molecule has 2 aliphatic rings. The second-order valence-corrected chi connectivity index (χ2v) is 14.1. The van der Waals surface area contributed by atoms with Gasteiger partial charge >= 0.3 is 0 Å². The molecule has 0 saturated carbocycles. The van der Waals surface area contributed by atoms with E-state index in [0.717, 1.165) is 34.3 Å². The number of hydrogen-bond acceptors (Lipinski definition) is 2. The molecule has 0 aromatic carbocycles. The molecule has 5 atom stereocenters. The maximum Gasteiger partial charge on any atom is 0.0934 e. The monoisotopic (exact) mass is 569 g/mol. The van der Waals surface area contributed by atoms with Crippen LogP contribution in [0, 0.1) is 59.2 Å². The highest BCUT2D eigenvalue weighted by atomic mass is 16.3. The lowest BCUT2D eigenvalue weighted by Crippen LogP contribution is -2.28. The van der Waals surface area contributed by atoms with Gasteiger partial charge in [-0.3, -0.25) is 0 Å². The molecule has 230 valence electrons. The third-order valence-electron chi connectivity index (χ3n) is 8.47. The Hall–Kier alpha value is -2.68. The minimum atomic E-state index is -0.311. The van der Waals surface area contributed by atoms with Crippen molar-refractivity contribution in [2.75, 3.05) is 0 Å². The molecule has 0 aromatic rings. The van der Waals surface area contributed by atoms with Crippen molar-refractivity contribution in [3.05, 3.63) is 77.0 Å². The molecule has 0 bridgehead atoms. The highest BCUT2D eigenvalue weighted by Gasteiger charge is 2.29. The van der Waals surface area contributed by atoms with Crippen LogP contribution >= 0.6 is 0 Å². The van der Waals surface area contributed by atoms with Crippen molar-refractivity contribution in [3.63, 3.8) is 0 Å². The van der Waals surface area contributed by atoms with Gasteiger partial charge in [-0.15, -0.1) is 5.41 Å².